The highest BCUT2D eigenvalue weighted by Gasteiger charge is 2.18. The lowest BCUT2D eigenvalue weighted by atomic mass is 10.1. The van der Waals surface area contributed by atoms with Gasteiger partial charge in [-0.05, 0) is 6.07 Å². The van der Waals surface area contributed by atoms with E-state index < -0.39 is 18.0 Å². The lowest BCUT2D eigenvalue weighted by Crippen LogP contribution is -2.16. The molecule has 0 saturated carbocycles. The maximum atomic E-state index is 11.0. The standard InChI is InChI=1S/C12H13BrO4/c1-8(14)16-7-12(17-9(2)15)10-5-3-4-6-11(10)13/h3-6,12H,7H2,1-2H3/t12-/m1/s1. The van der Waals surface area contributed by atoms with Gasteiger partial charge in [0.2, 0.25) is 0 Å². The summed E-state index contributed by atoms with van der Waals surface area (Å²) in [5.41, 5.74) is 0.768. The molecule has 1 atom stereocenters. The van der Waals surface area contributed by atoms with Crippen LogP contribution in [0.4, 0.5) is 0 Å². The molecule has 0 bridgehead atoms. The van der Waals surface area contributed by atoms with Gasteiger partial charge in [-0.3, -0.25) is 9.59 Å². The number of benzene rings is 1. The molecule has 0 radical (unpaired) electrons. The molecular formula is C12H13BrO4. The Labute approximate surface area is 108 Å². The molecule has 0 amide bonds. The van der Waals surface area contributed by atoms with Crippen molar-refractivity contribution in [2.45, 2.75) is 20.0 Å². The maximum Gasteiger partial charge on any atom is 0.303 e. The van der Waals surface area contributed by atoms with Gasteiger partial charge in [-0.1, -0.05) is 34.1 Å². The molecule has 0 saturated heterocycles. The van der Waals surface area contributed by atoms with Crippen LogP contribution in [0.3, 0.4) is 0 Å². The fourth-order valence-corrected chi connectivity index (χ4v) is 1.86. The number of carbonyl (C=O) groups is 2. The van der Waals surface area contributed by atoms with Crippen molar-refractivity contribution in [3.05, 3.63) is 34.3 Å². The van der Waals surface area contributed by atoms with E-state index >= 15 is 0 Å². The molecule has 5 heteroatoms. The molecule has 0 unspecified atom stereocenters. The van der Waals surface area contributed by atoms with Gasteiger partial charge in [0.25, 0.3) is 0 Å². The number of hydrogen-bond donors (Lipinski definition) is 0. The van der Waals surface area contributed by atoms with Crippen molar-refractivity contribution < 1.29 is 19.1 Å². The Balaban J connectivity index is 2.85. The summed E-state index contributed by atoms with van der Waals surface area (Å²) in [4.78, 5) is 21.8. The Bertz CT molecular complexity index is 417. The van der Waals surface area contributed by atoms with Crippen molar-refractivity contribution in [3.8, 4) is 0 Å². The number of ether oxygens (including phenoxy) is 2. The molecule has 0 N–H and O–H groups in total. The van der Waals surface area contributed by atoms with E-state index in [0.717, 1.165) is 10.0 Å². The van der Waals surface area contributed by atoms with E-state index in [1.165, 1.54) is 13.8 Å². The summed E-state index contributed by atoms with van der Waals surface area (Å²) in [5, 5.41) is 0. The van der Waals surface area contributed by atoms with Crippen LogP contribution in [-0.4, -0.2) is 18.5 Å². The molecule has 0 spiro atoms. The van der Waals surface area contributed by atoms with Crippen molar-refractivity contribution in [1.29, 1.82) is 0 Å². The van der Waals surface area contributed by atoms with E-state index in [9.17, 15) is 9.59 Å². The summed E-state index contributed by atoms with van der Waals surface area (Å²) in [5.74, 6) is -0.827. The topological polar surface area (TPSA) is 52.6 Å². The van der Waals surface area contributed by atoms with Gasteiger partial charge >= 0.3 is 11.9 Å². The zero-order valence-corrected chi connectivity index (χ0v) is 11.2. The molecule has 92 valence electrons. The smallest absolute Gasteiger partial charge is 0.303 e. The van der Waals surface area contributed by atoms with Crippen LogP contribution in [-0.2, 0) is 19.1 Å². The largest absolute Gasteiger partial charge is 0.462 e. The first-order valence-corrected chi connectivity index (χ1v) is 5.85. The molecule has 0 aliphatic rings. The predicted octanol–water partition coefficient (Wildman–Crippen LogP) is 2.62. The lowest BCUT2D eigenvalue weighted by molar-refractivity contribution is -0.156. The Hall–Kier alpha value is -1.36. The average Bonchev–Trinajstić information content (AvgIpc) is 2.24. The zero-order chi connectivity index (χ0) is 12.8. The monoisotopic (exact) mass is 300 g/mol. The molecule has 4 nitrogen and oxygen atoms in total. The molecule has 1 aromatic rings. The Kier molecular flexibility index (Phi) is 5.15. The number of carbonyl (C=O) groups excluding carboxylic acids is 2. The average molecular weight is 301 g/mol. The van der Waals surface area contributed by atoms with Crippen molar-refractivity contribution in [2.24, 2.45) is 0 Å². The van der Waals surface area contributed by atoms with Crippen molar-refractivity contribution in [2.75, 3.05) is 6.61 Å². The second kappa shape index (κ2) is 6.39. The highest BCUT2D eigenvalue weighted by atomic mass is 79.9. The van der Waals surface area contributed by atoms with E-state index in [4.69, 9.17) is 9.47 Å². The van der Waals surface area contributed by atoms with Crippen LogP contribution < -0.4 is 0 Å². The molecule has 0 aromatic heterocycles. The van der Waals surface area contributed by atoms with Gasteiger partial charge in [-0.15, -0.1) is 0 Å². The molecule has 17 heavy (non-hydrogen) atoms. The molecule has 0 aliphatic carbocycles. The number of halogens is 1. The Morgan fingerprint density at radius 1 is 1.24 bits per heavy atom. The zero-order valence-electron chi connectivity index (χ0n) is 9.60. The summed E-state index contributed by atoms with van der Waals surface area (Å²) in [6.07, 6.45) is -0.591. The predicted molar refractivity (Wildman–Crippen MR) is 65.3 cm³/mol. The summed E-state index contributed by atoms with van der Waals surface area (Å²) in [6, 6.07) is 7.31. The highest BCUT2D eigenvalue weighted by molar-refractivity contribution is 9.10. The summed E-state index contributed by atoms with van der Waals surface area (Å²) in [7, 11) is 0. The van der Waals surface area contributed by atoms with Gasteiger partial charge < -0.3 is 9.47 Å². The van der Waals surface area contributed by atoms with E-state index in [-0.39, 0.29) is 6.61 Å². The third-order valence-electron chi connectivity index (χ3n) is 2.00. The van der Waals surface area contributed by atoms with Crippen molar-refractivity contribution >= 4 is 27.9 Å². The maximum absolute atomic E-state index is 11.0. The van der Waals surface area contributed by atoms with Gasteiger partial charge in [0.05, 0.1) is 0 Å². The van der Waals surface area contributed by atoms with Crippen molar-refractivity contribution in [1.82, 2.24) is 0 Å². The van der Waals surface area contributed by atoms with Crippen LogP contribution in [0.5, 0.6) is 0 Å². The summed E-state index contributed by atoms with van der Waals surface area (Å²) < 4.78 is 10.8. The molecule has 1 rings (SSSR count). The van der Waals surface area contributed by atoms with Crippen LogP contribution in [0.15, 0.2) is 28.7 Å². The molecular weight excluding hydrogens is 288 g/mol. The van der Waals surface area contributed by atoms with E-state index in [1.807, 2.05) is 18.2 Å². The van der Waals surface area contributed by atoms with Crippen molar-refractivity contribution in [3.63, 3.8) is 0 Å². The van der Waals surface area contributed by atoms with Crippen LogP contribution in [0.2, 0.25) is 0 Å². The van der Waals surface area contributed by atoms with E-state index in [0.29, 0.717) is 0 Å². The van der Waals surface area contributed by atoms with Crippen LogP contribution >= 0.6 is 15.9 Å². The number of rotatable bonds is 4. The molecule has 1 aromatic carbocycles. The minimum atomic E-state index is -0.591. The minimum absolute atomic E-state index is 0.0114. The molecule has 0 aliphatic heterocycles. The fourth-order valence-electron chi connectivity index (χ4n) is 1.32. The molecule has 0 heterocycles. The lowest BCUT2D eigenvalue weighted by Gasteiger charge is -2.18. The first kappa shape index (κ1) is 13.7. The number of hydrogen-bond acceptors (Lipinski definition) is 4. The number of esters is 2. The Morgan fingerprint density at radius 2 is 1.88 bits per heavy atom. The van der Waals surface area contributed by atoms with Gasteiger partial charge in [0, 0.05) is 23.9 Å². The van der Waals surface area contributed by atoms with Gasteiger partial charge in [0.15, 0.2) is 6.10 Å². The van der Waals surface area contributed by atoms with Gasteiger partial charge in [0.1, 0.15) is 6.61 Å². The first-order chi connectivity index (χ1) is 8.00. The quantitative estimate of drug-likeness (QED) is 0.802. The first-order valence-electron chi connectivity index (χ1n) is 5.05. The second-order valence-corrected chi connectivity index (χ2v) is 4.28. The third-order valence-corrected chi connectivity index (χ3v) is 2.72. The second-order valence-electron chi connectivity index (χ2n) is 3.42. The van der Waals surface area contributed by atoms with Gasteiger partial charge in [-0.2, -0.15) is 0 Å². The van der Waals surface area contributed by atoms with Crippen LogP contribution in [0, 0.1) is 0 Å². The SMILES string of the molecule is CC(=O)OC[C@@H](OC(C)=O)c1ccccc1Br. The third kappa shape index (κ3) is 4.56. The normalized spacial score (nSPS) is 11.7. The summed E-state index contributed by atoms with van der Waals surface area (Å²) >= 11 is 3.36. The van der Waals surface area contributed by atoms with E-state index in [2.05, 4.69) is 15.9 Å². The van der Waals surface area contributed by atoms with Crippen LogP contribution in [0.1, 0.15) is 25.5 Å². The van der Waals surface area contributed by atoms with Gasteiger partial charge in [-0.25, -0.2) is 0 Å². The Morgan fingerprint density at radius 3 is 2.41 bits per heavy atom. The summed E-state index contributed by atoms with van der Waals surface area (Å²) in [6.45, 7) is 2.64. The van der Waals surface area contributed by atoms with Crippen LogP contribution in [0.25, 0.3) is 0 Å². The highest BCUT2D eigenvalue weighted by Crippen LogP contribution is 2.26. The fraction of sp³-hybridized carbons (Fsp3) is 0.333. The molecule has 0 fully saturated rings. The van der Waals surface area contributed by atoms with E-state index in [1.54, 1.807) is 6.07 Å². The minimum Gasteiger partial charge on any atom is -0.462 e.